The number of carbonyl (C=O) groups excluding carboxylic acids is 1. The number of hydrogen-bond acceptors (Lipinski definition) is 4. The minimum Gasteiger partial charge on any atom is -0.351 e. The molecule has 0 aliphatic carbocycles. The van der Waals surface area contributed by atoms with Crippen molar-refractivity contribution in [3.8, 4) is 11.4 Å². The summed E-state index contributed by atoms with van der Waals surface area (Å²) in [5.41, 5.74) is 6.49. The topological polar surface area (TPSA) is 98.7 Å². The molecular weight excluding hydrogens is 208 g/mol. The summed E-state index contributed by atoms with van der Waals surface area (Å²) in [7, 11) is 1.75. The Morgan fingerprint density at radius 3 is 2.56 bits per heavy atom. The number of primary amides is 1. The second kappa shape index (κ2) is 3.97. The summed E-state index contributed by atoms with van der Waals surface area (Å²) in [5.74, 6) is 0.658. The van der Waals surface area contributed by atoms with Crippen LogP contribution in [0.2, 0.25) is 0 Å². The summed E-state index contributed by atoms with van der Waals surface area (Å²) < 4.78 is 1.57. The first-order valence-electron chi connectivity index (χ1n) is 4.56. The minimum atomic E-state index is -0.590. The van der Waals surface area contributed by atoms with Crippen LogP contribution in [0.1, 0.15) is 0 Å². The van der Waals surface area contributed by atoms with Gasteiger partial charge < -0.3 is 11.1 Å². The molecule has 0 unspecified atom stereocenters. The number of nitrogens with one attached hydrogen (secondary N) is 1. The van der Waals surface area contributed by atoms with Crippen molar-refractivity contribution < 1.29 is 4.79 Å². The van der Waals surface area contributed by atoms with E-state index in [0.29, 0.717) is 11.5 Å². The quantitative estimate of drug-likeness (QED) is 0.760. The maximum Gasteiger partial charge on any atom is 0.316 e. The largest absolute Gasteiger partial charge is 0.351 e. The van der Waals surface area contributed by atoms with Crippen molar-refractivity contribution in [2.24, 2.45) is 12.8 Å². The van der Waals surface area contributed by atoms with Gasteiger partial charge in [-0.1, -0.05) is 0 Å². The molecule has 3 N–H and O–H groups in total. The number of benzene rings is 1. The van der Waals surface area contributed by atoms with Crippen LogP contribution in [0, 0.1) is 0 Å². The molecule has 0 saturated carbocycles. The van der Waals surface area contributed by atoms with Gasteiger partial charge in [-0.15, -0.1) is 5.10 Å². The van der Waals surface area contributed by atoms with Crippen molar-refractivity contribution in [2.75, 3.05) is 5.32 Å². The number of anilines is 1. The predicted molar refractivity (Wildman–Crippen MR) is 57.4 cm³/mol. The summed E-state index contributed by atoms with van der Waals surface area (Å²) in [6.07, 6.45) is 0. The lowest BCUT2D eigenvalue weighted by atomic mass is 10.2. The zero-order valence-electron chi connectivity index (χ0n) is 8.58. The van der Waals surface area contributed by atoms with Crippen molar-refractivity contribution in [1.29, 1.82) is 0 Å². The maximum absolute atomic E-state index is 10.6. The van der Waals surface area contributed by atoms with Gasteiger partial charge in [0, 0.05) is 18.3 Å². The van der Waals surface area contributed by atoms with Crippen LogP contribution in [-0.2, 0) is 7.05 Å². The van der Waals surface area contributed by atoms with E-state index in [9.17, 15) is 4.79 Å². The van der Waals surface area contributed by atoms with Gasteiger partial charge in [-0.05, 0) is 34.7 Å². The van der Waals surface area contributed by atoms with Gasteiger partial charge in [0.05, 0.1) is 0 Å². The van der Waals surface area contributed by atoms with E-state index in [0.717, 1.165) is 5.56 Å². The monoisotopic (exact) mass is 218 g/mol. The van der Waals surface area contributed by atoms with Gasteiger partial charge in [-0.25, -0.2) is 9.48 Å². The molecule has 2 aromatic rings. The van der Waals surface area contributed by atoms with E-state index in [1.807, 2.05) is 0 Å². The van der Waals surface area contributed by atoms with E-state index in [1.54, 1.807) is 36.0 Å². The van der Waals surface area contributed by atoms with Crippen molar-refractivity contribution in [1.82, 2.24) is 20.2 Å². The van der Waals surface area contributed by atoms with Gasteiger partial charge in [0.25, 0.3) is 0 Å². The highest BCUT2D eigenvalue weighted by atomic mass is 16.2. The lowest BCUT2D eigenvalue weighted by Gasteiger charge is -2.02. The molecule has 0 spiro atoms. The molecule has 7 nitrogen and oxygen atoms in total. The van der Waals surface area contributed by atoms with Crippen LogP contribution in [0.5, 0.6) is 0 Å². The molecule has 0 fully saturated rings. The Hall–Kier alpha value is -2.44. The smallest absolute Gasteiger partial charge is 0.316 e. The summed E-state index contributed by atoms with van der Waals surface area (Å²) in [6.45, 7) is 0. The fourth-order valence-corrected chi connectivity index (χ4v) is 1.32. The van der Waals surface area contributed by atoms with Crippen LogP contribution in [0.4, 0.5) is 10.5 Å². The number of tetrazole rings is 1. The second-order valence-electron chi connectivity index (χ2n) is 3.19. The number of hydrogen-bond donors (Lipinski definition) is 2. The second-order valence-corrected chi connectivity index (χ2v) is 3.19. The van der Waals surface area contributed by atoms with E-state index in [-0.39, 0.29) is 0 Å². The van der Waals surface area contributed by atoms with Crippen molar-refractivity contribution in [3.63, 3.8) is 0 Å². The predicted octanol–water partition coefficient (Wildman–Crippen LogP) is 0.368. The standard InChI is InChI=1S/C9H10N6O/c1-15-8(12-13-14-15)6-2-4-7(5-3-6)11-9(10)16/h2-5H,1H3,(H3,10,11,16). The molecule has 16 heavy (non-hydrogen) atoms. The Bertz CT molecular complexity index is 503. The maximum atomic E-state index is 10.6. The molecular formula is C9H10N6O. The molecule has 82 valence electrons. The van der Waals surface area contributed by atoms with E-state index < -0.39 is 6.03 Å². The van der Waals surface area contributed by atoms with E-state index in [4.69, 9.17) is 5.73 Å². The molecule has 2 amide bonds. The number of amides is 2. The first-order valence-corrected chi connectivity index (χ1v) is 4.56. The summed E-state index contributed by atoms with van der Waals surface area (Å²) in [5, 5.41) is 13.6. The summed E-state index contributed by atoms with van der Waals surface area (Å²) in [6, 6.07) is 6.48. The Balaban J connectivity index is 2.26. The van der Waals surface area contributed by atoms with Crippen LogP contribution in [0.25, 0.3) is 11.4 Å². The lowest BCUT2D eigenvalue weighted by molar-refractivity contribution is 0.259. The molecule has 1 heterocycles. The van der Waals surface area contributed by atoms with Crippen molar-refractivity contribution in [3.05, 3.63) is 24.3 Å². The SMILES string of the molecule is Cn1nnnc1-c1ccc(NC(N)=O)cc1. The number of nitrogens with zero attached hydrogens (tertiary/aromatic N) is 4. The normalized spacial score (nSPS) is 10.1. The van der Waals surface area contributed by atoms with Gasteiger partial charge in [0.2, 0.25) is 0 Å². The zero-order valence-corrected chi connectivity index (χ0v) is 8.58. The molecule has 1 aromatic carbocycles. The lowest BCUT2D eigenvalue weighted by Crippen LogP contribution is -2.19. The van der Waals surface area contributed by atoms with Gasteiger partial charge in [0.15, 0.2) is 5.82 Å². The number of urea groups is 1. The van der Waals surface area contributed by atoms with Gasteiger partial charge in [0.1, 0.15) is 0 Å². The summed E-state index contributed by atoms with van der Waals surface area (Å²) in [4.78, 5) is 10.6. The summed E-state index contributed by atoms with van der Waals surface area (Å²) >= 11 is 0. The molecule has 7 heteroatoms. The molecule has 0 aliphatic heterocycles. The zero-order chi connectivity index (χ0) is 11.5. The molecule has 0 saturated heterocycles. The van der Waals surface area contributed by atoms with E-state index in [1.165, 1.54) is 0 Å². The average molecular weight is 218 g/mol. The molecule has 2 rings (SSSR count). The van der Waals surface area contributed by atoms with Gasteiger partial charge >= 0.3 is 6.03 Å². The third kappa shape index (κ3) is 1.97. The molecule has 0 bridgehead atoms. The van der Waals surface area contributed by atoms with Crippen molar-refractivity contribution >= 4 is 11.7 Å². The average Bonchev–Trinajstić information content (AvgIpc) is 2.65. The number of rotatable bonds is 2. The van der Waals surface area contributed by atoms with Gasteiger partial charge in [-0.3, -0.25) is 0 Å². The number of aromatic nitrogens is 4. The van der Waals surface area contributed by atoms with Crippen molar-refractivity contribution in [2.45, 2.75) is 0 Å². The highest BCUT2D eigenvalue weighted by Crippen LogP contribution is 2.17. The Morgan fingerprint density at radius 1 is 1.38 bits per heavy atom. The van der Waals surface area contributed by atoms with Crippen LogP contribution in [0.3, 0.4) is 0 Å². The number of carbonyl (C=O) groups is 1. The molecule has 0 aliphatic rings. The van der Waals surface area contributed by atoms with E-state index >= 15 is 0 Å². The van der Waals surface area contributed by atoms with Crippen LogP contribution in [0.15, 0.2) is 24.3 Å². The van der Waals surface area contributed by atoms with Crippen LogP contribution in [-0.4, -0.2) is 26.2 Å². The third-order valence-corrected chi connectivity index (χ3v) is 2.03. The van der Waals surface area contributed by atoms with E-state index in [2.05, 4.69) is 20.8 Å². The third-order valence-electron chi connectivity index (χ3n) is 2.03. The van der Waals surface area contributed by atoms with Crippen LogP contribution >= 0.6 is 0 Å². The molecule has 0 radical (unpaired) electrons. The minimum absolute atomic E-state index is 0.590. The Morgan fingerprint density at radius 2 is 2.06 bits per heavy atom. The number of aryl methyl sites for hydroxylation is 1. The molecule has 0 atom stereocenters. The highest BCUT2D eigenvalue weighted by molar-refractivity contribution is 5.88. The number of nitrogens with two attached hydrogens (primary N) is 1. The Labute approximate surface area is 91.3 Å². The fourth-order valence-electron chi connectivity index (χ4n) is 1.32. The first kappa shape index (κ1) is 10.1. The van der Waals surface area contributed by atoms with Gasteiger partial charge in [-0.2, -0.15) is 0 Å². The highest BCUT2D eigenvalue weighted by Gasteiger charge is 2.05. The molecule has 1 aromatic heterocycles. The Kier molecular flexibility index (Phi) is 2.50. The van der Waals surface area contributed by atoms with Crippen LogP contribution < -0.4 is 11.1 Å². The fraction of sp³-hybridized carbons (Fsp3) is 0.111. The first-order chi connectivity index (χ1) is 7.66.